The largest absolute Gasteiger partial charge is 0.486 e. The van der Waals surface area contributed by atoms with Crippen LogP contribution in [-0.2, 0) is 26.2 Å². The Morgan fingerprint density at radius 3 is 2.32 bits per heavy atom. The van der Waals surface area contributed by atoms with E-state index in [1.807, 2.05) is 0 Å². The minimum atomic E-state index is -3.89. The van der Waals surface area contributed by atoms with Gasteiger partial charge in [-0.05, 0) is 44.0 Å². The van der Waals surface area contributed by atoms with E-state index in [0.717, 1.165) is 36.2 Å². The summed E-state index contributed by atoms with van der Waals surface area (Å²) in [4.78, 5) is 28.3. The highest BCUT2D eigenvalue weighted by Crippen LogP contribution is 2.35. The minimum Gasteiger partial charge on any atom is -0.486 e. The third-order valence-electron chi connectivity index (χ3n) is 6.75. The van der Waals surface area contributed by atoms with Crippen molar-refractivity contribution in [1.82, 2.24) is 10.2 Å². The van der Waals surface area contributed by atoms with Crippen LogP contribution in [-0.4, -0.2) is 63.2 Å². The van der Waals surface area contributed by atoms with E-state index < -0.39 is 28.5 Å². The van der Waals surface area contributed by atoms with Crippen LogP contribution < -0.4 is 19.1 Å². The number of amides is 2. The van der Waals surface area contributed by atoms with Gasteiger partial charge in [0.2, 0.25) is 21.8 Å². The lowest BCUT2D eigenvalue weighted by Gasteiger charge is -2.32. The zero-order valence-corrected chi connectivity index (χ0v) is 23.6. The van der Waals surface area contributed by atoms with Crippen molar-refractivity contribution in [3.63, 3.8) is 0 Å². The van der Waals surface area contributed by atoms with E-state index in [1.54, 1.807) is 37.3 Å². The van der Waals surface area contributed by atoms with Crippen molar-refractivity contribution < 1.29 is 27.5 Å². The van der Waals surface area contributed by atoms with E-state index in [-0.39, 0.29) is 24.2 Å². The summed E-state index contributed by atoms with van der Waals surface area (Å²) in [6.07, 6.45) is 4.86. The summed E-state index contributed by atoms with van der Waals surface area (Å²) in [5, 5.41) is 3.69. The molecular formula is C26H31Cl2N3O6S. The van der Waals surface area contributed by atoms with E-state index in [9.17, 15) is 18.0 Å². The number of nitrogens with zero attached hydrogens (tertiary/aromatic N) is 2. The second-order valence-electron chi connectivity index (χ2n) is 9.49. The van der Waals surface area contributed by atoms with Gasteiger partial charge in [0.25, 0.3) is 0 Å². The third-order valence-corrected chi connectivity index (χ3v) is 8.60. The molecule has 1 saturated carbocycles. The molecule has 206 valence electrons. The highest BCUT2D eigenvalue weighted by atomic mass is 35.5. The molecule has 1 atom stereocenters. The minimum absolute atomic E-state index is 0.0519. The average molecular weight is 585 g/mol. The number of rotatable bonds is 9. The standard InChI is InChI=1S/C26H31Cl2N3O6S/c1-17(26(33)29-18-6-3-4-7-18)30(15-20-21(27)8-5-9-22(20)28)25(32)16-31(38(2,34)35)19-10-11-23-24(14-19)37-13-12-36-23/h5,8-11,14,17-18H,3-4,6-7,12-13,15-16H2,1-2H3,(H,29,33)/t17-/m1/s1. The smallest absolute Gasteiger partial charge is 0.244 e. The average Bonchev–Trinajstić information content (AvgIpc) is 3.38. The molecule has 38 heavy (non-hydrogen) atoms. The summed E-state index contributed by atoms with van der Waals surface area (Å²) in [5.74, 6) is -0.0279. The number of halogens is 2. The van der Waals surface area contributed by atoms with Gasteiger partial charge >= 0.3 is 0 Å². The number of fused-ring (bicyclic) bond motifs is 1. The second kappa shape index (κ2) is 12.0. The number of hydrogen-bond acceptors (Lipinski definition) is 6. The Hall–Kier alpha value is -2.69. The quantitative estimate of drug-likeness (QED) is 0.478. The highest BCUT2D eigenvalue weighted by molar-refractivity contribution is 7.92. The molecule has 1 fully saturated rings. The first kappa shape index (κ1) is 28.3. The highest BCUT2D eigenvalue weighted by Gasteiger charge is 2.32. The maximum Gasteiger partial charge on any atom is 0.244 e. The molecule has 2 aromatic rings. The van der Waals surface area contributed by atoms with Crippen molar-refractivity contribution in [2.75, 3.05) is 30.3 Å². The predicted octanol–water partition coefficient (Wildman–Crippen LogP) is 4.01. The first-order valence-electron chi connectivity index (χ1n) is 12.4. The van der Waals surface area contributed by atoms with Gasteiger partial charge in [-0.3, -0.25) is 13.9 Å². The lowest BCUT2D eigenvalue weighted by molar-refractivity contribution is -0.139. The molecule has 0 saturated heterocycles. The number of carbonyl (C=O) groups is 2. The summed E-state index contributed by atoms with van der Waals surface area (Å²) in [7, 11) is -3.89. The lowest BCUT2D eigenvalue weighted by atomic mass is 10.1. The lowest BCUT2D eigenvalue weighted by Crippen LogP contribution is -2.52. The zero-order chi connectivity index (χ0) is 27.4. The van der Waals surface area contributed by atoms with Crippen LogP contribution in [0.2, 0.25) is 10.0 Å². The van der Waals surface area contributed by atoms with Gasteiger partial charge in [-0.1, -0.05) is 42.1 Å². The second-order valence-corrected chi connectivity index (χ2v) is 12.2. The maximum atomic E-state index is 13.8. The molecule has 4 rings (SSSR count). The summed E-state index contributed by atoms with van der Waals surface area (Å²) >= 11 is 12.8. The van der Waals surface area contributed by atoms with Gasteiger partial charge in [-0.15, -0.1) is 0 Å². The number of ether oxygens (including phenoxy) is 2. The molecule has 1 aliphatic heterocycles. The van der Waals surface area contributed by atoms with Gasteiger partial charge in [0.15, 0.2) is 11.5 Å². The molecule has 0 unspecified atom stereocenters. The molecule has 0 bridgehead atoms. The summed E-state index contributed by atoms with van der Waals surface area (Å²) in [5.41, 5.74) is 0.707. The van der Waals surface area contributed by atoms with E-state index in [1.165, 1.54) is 11.0 Å². The van der Waals surface area contributed by atoms with Crippen molar-refractivity contribution >= 4 is 50.7 Å². The van der Waals surface area contributed by atoms with Crippen LogP contribution in [0.15, 0.2) is 36.4 Å². The maximum absolute atomic E-state index is 13.8. The molecule has 12 heteroatoms. The number of sulfonamides is 1. The van der Waals surface area contributed by atoms with Gasteiger partial charge in [-0.2, -0.15) is 0 Å². The topological polar surface area (TPSA) is 105 Å². The molecule has 0 aromatic heterocycles. The third kappa shape index (κ3) is 6.65. The van der Waals surface area contributed by atoms with Gasteiger partial charge in [0, 0.05) is 34.3 Å². The van der Waals surface area contributed by atoms with Crippen LogP contribution in [0.5, 0.6) is 11.5 Å². The number of carbonyl (C=O) groups excluding carboxylic acids is 2. The van der Waals surface area contributed by atoms with Crippen molar-refractivity contribution in [3.05, 3.63) is 52.0 Å². The number of hydrogen-bond donors (Lipinski definition) is 1. The van der Waals surface area contributed by atoms with Crippen LogP contribution in [0.4, 0.5) is 5.69 Å². The Labute approximate surface area is 233 Å². The van der Waals surface area contributed by atoms with E-state index in [4.69, 9.17) is 32.7 Å². The Morgan fingerprint density at radius 2 is 1.68 bits per heavy atom. The molecule has 2 aliphatic rings. The van der Waals surface area contributed by atoms with Gasteiger partial charge in [0.05, 0.1) is 11.9 Å². The first-order chi connectivity index (χ1) is 18.0. The van der Waals surface area contributed by atoms with Crippen molar-refractivity contribution in [3.8, 4) is 11.5 Å². The van der Waals surface area contributed by atoms with Crippen LogP contribution in [0.1, 0.15) is 38.2 Å². The van der Waals surface area contributed by atoms with Crippen LogP contribution in [0.25, 0.3) is 0 Å². The fourth-order valence-corrected chi connectivity index (χ4v) is 5.99. The normalized spacial score (nSPS) is 16.1. The Bertz CT molecular complexity index is 1280. The molecule has 1 aliphatic carbocycles. The Morgan fingerprint density at radius 1 is 1.05 bits per heavy atom. The predicted molar refractivity (Wildman–Crippen MR) is 146 cm³/mol. The zero-order valence-electron chi connectivity index (χ0n) is 21.3. The van der Waals surface area contributed by atoms with Gasteiger partial charge in [-0.25, -0.2) is 8.42 Å². The molecule has 1 heterocycles. The van der Waals surface area contributed by atoms with Crippen molar-refractivity contribution in [2.24, 2.45) is 0 Å². The van der Waals surface area contributed by atoms with E-state index in [2.05, 4.69) is 5.32 Å². The van der Waals surface area contributed by atoms with E-state index >= 15 is 0 Å². The molecule has 2 aromatic carbocycles. The first-order valence-corrected chi connectivity index (χ1v) is 15.0. The summed E-state index contributed by atoms with van der Waals surface area (Å²) in [6, 6.07) is 8.80. The monoisotopic (exact) mass is 583 g/mol. The number of anilines is 1. The summed E-state index contributed by atoms with van der Waals surface area (Å²) < 4.78 is 37.7. The number of benzene rings is 2. The fraction of sp³-hybridized carbons (Fsp3) is 0.462. The summed E-state index contributed by atoms with van der Waals surface area (Å²) in [6.45, 7) is 1.72. The molecule has 2 amide bonds. The fourth-order valence-electron chi connectivity index (χ4n) is 4.63. The number of nitrogens with one attached hydrogen (secondary N) is 1. The SMILES string of the molecule is C[C@H](C(=O)NC1CCCC1)N(Cc1c(Cl)cccc1Cl)C(=O)CN(c1ccc2c(c1)OCCO2)S(C)(=O)=O. The molecule has 9 nitrogen and oxygen atoms in total. The molecular weight excluding hydrogens is 553 g/mol. The van der Waals surface area contributed by atoms with Crippen molar-refractivity contribution in [1.29, 1.82) is 0 Å². The molecule has 1 N–H and O–H groups in total. The van der Waals surface area contributed by atoms with Gasteiger partial charge in [0.1, 0.15) is 25.8 Å². The van der Waals surface area contributed by atoms with Crippen LogP contribution >= 0.6 is 23.2 Å². The molecule has 0 radical (unpaired) electrons. The Kier molecular flexibility index (Phi) is 8.95. The Balaban J connectivity index is 1.63. The van der Waals surface area contributed by atoms with Crippen LogP contribution in [0, 0.1) is 0 Å². The van der Waals surface area contributed by atoms with Crippen LogP contribution in [0.3, 0.4) is 0 Å². The molecule has 0 spiro atoms. The van der Waals surface area contributed by atoms with Crippen molar-refractivity contribution in [2.45, 2.75) is 51.2 Å². The van der Waals surface area contributed by atoms with Gasteiger partial charge < -0.3 is 19.7 Å². The van der Waals surface area contributed by atoms with E-state index in [0.29, 0.717) is 40.3 Å².